The van der Waals surface area contributed by atoms with E-state index < -0.39 is 0 Å². The summed E-state index contributed by atoms with van der Waals surface area (Å²) in [4.78, 5) is 11.9. The smallest absolute Gasteiger partial charge is 0.323 e. The van der Waals surface area contributed by atoms with Crippen LogP contribution in [0.1, 0.15) is 11.1 Å². The number of hydrogen-bond acceptors (Lipinski definition) is 5. The van der Waals surface area contributed by atoms with Crippen molar-refractivity contribution < 1.29 is 19.0 Å². The maximum atomic E-state index is 11.9. The first-order valence-electron chi connectivity index (χ1n) is 6.84. The van der Waals surface area contributed by atoms with Gasteiger partial charge in [0.15, 0.2) is 0 Å². The summed E-state index contributed by atoms with van der Waals surface area (Å²) in [6.07, 6.45) is 0.680. The average molecular weight is 279 g/mol. The minimum atomic E-state index is -0.260. The third-order valence-electron chi connectivity index (χ3n) is 3.27. The number of carbonyl (C=O) groups is 1. The number of esters is 1. The van der Waals surface area contributed by atoms with Crippen molar-refractivity contribution in [2.45, 2.75) is 19.0 Å². The number of fused-ring (bicyclic) bond motifs is 1. The summed E-state index contributed by atoms with van der Waals surface area (Å²) in [5, 5.41) is 3.20. The lowest BCUT2D eigenvalue weighted by Gasteiger charge is -2.24. The molecule has 1 aliphatic heterocycles. The van der Waals surface area contributed by atoms with Crippen molar-refractivity contribution in [3.8, 4) is 0 Å². The van der Waals surface area contributed by atoms with Crippen LogP contribution in [0.3, 0.4) is 0 Å². The molecule has 0 aliphatic carbocycles. The van der Waals surface area contributed by atoms with Crippen LogP contribution in [0.15, 0.2) is 24.3 Å². The van der Waals surface area contributed by atoms with Gasteiger partial charge in [-0.25, -0.2) is 0 Å². The van der Waals surface area contributed by atoms with E-state index in [1.807, 2.05) is 12.1 Å². The van der Waals surface area contributed by atoms with E-state index in [0.29, 0.717) is 32.8 Å². The highest BCUT2D eigenvalue weighted by Crippen LogP contribution is 2.16. The minimum Gasteiger partial charge on any atom is -0.462 e. The fourth-order valence-electron chi connectivity index (χ4n) is 2.17. The predicted octanol–water partition coefficient (Wildman–Crippen LogP) is 0.907. The van der Waals surface area contributed by atoms with Gasteiger partial charge in [-0.1, -0.05) is 24.3 Å². The van der Waals surface area contributed by atoms with Crippen LogP contribution in [-0.2, 0) is 32.0 Å². The first-order chi connectivity index (χ1) is 9.81. The van der Waals surface area contributed by atoms with Gasteiger partial charge in [0, 0.05) is 13.7 Å². The predicted molar refractivity (Wildman–Crippen MR) is 74.4 cm³/mol. The van der Waals surface area contributed by atoms with Crippen LogP contribution in [0.5, 0.6) is 0 Å². The van der Waals surface area contributed by atoms with Crippen LogP contribution in [0.4, 0.5) is 0 Å². The van der Waals surface area contributed by atoms with E-state index in [1.54, 1.807) is 7.11 Å². The van der Waals surface area contributed by atoms with Gasteiger partial charge in [0.1, 0.15) is 12.6 Å². The fraction of sp³-hybridized carbons (Fsp3) is 0.533. The highest BCUT2D eigenvalue weighted by molar-refractivity contribution is 5.76. The molecule has 0 fully saturated rings. The first-order valence-corrected chi connectivity index (χ1v) is 6.84. The Balaban J connectivity index is 1.69. The Morgan fingerprint density at radius 1 is 1.20 bits per heavy atom. The van der Waals surface area contributed by atoms with Gasteiger partial charge < -0.3 is 19.5 Å². The van der Waals surface area contributed by atoms with Crippen LogP contribution in [0, 0.1) is 0 Å². The normalized spacial score (nSPS) is 17.6. The quantitative estimate of drug-likeness (QED) is 0.594. The van der Waals surface area contributed by atoms with Crippen LogP contribution in [0.2, 0.25) is 0 Å². The van der Waals surface area contributed by atoms with E-state index in [1.165, 1.54) is 11.1 Å². The second kappa shape index (κ2) is 7.99. The third kappa shape index (κ3) is 4.30. The molecule has 1 aromatic rings. The molecule has 2 rings (SSSR count). The molecule has 1 heterocycles. The molecule has 5 nitrogen and oxygen atoms in total. The highest BCUT2D eigenvalue weighted by Gasteiger charge is 2.24. The monoisotopic (exact) mass is 279 g/mol. The largest absolute Gasteiger partial charge is 0.462 e. The average Bonchev–Trinajstić information content (AvgIpc) is 2.50. The van der Waals surface area contributed by atoms with Crippen LogP contribution < -0.4 is 5.32 Å². The second-order valence-electron chi connectivity index (χ2n) is 4.68. The van der Waals surface area contributed by atoms with Crippen molar-refractivity contribution in [1.29, 1.82) is 0 Å². The molecule has 1 aliphatic rings. The number of rotatable bonds is 7. The summed E-state index contributed by atoms with van der Waals surface area (Å²) < 4.78 is 15.3. The summed E-state index contributed by atoms with van der Waals surface area (Å²) in [6, 6.07) is 7.88. The highest BCUT2D eigenvalue weighted by atomic mass is 16.6. The van der Waals surface area contributed by atoms with Gasteiger partial charge in [0.25, 0.3) is 0 Å². The van der Waals surface area contributed by atoms with Crippen molar-refractivity contribution in [2.24, 2.45) is 0 Å². The molecule has 0 unspecified atom stereocenters. The number of benzene rings is 1. The van der Waals surface area contributed by atoms with Crippen molar-refractivity contribution in [2.75, 3.05) is 33.5 Å². The van der Waals surface area contributed by atoms with Crippen molar-refractivity contribution in [1.82, 2.24) is 5.32 Å². The van der Waals surface area contributed by atoms with E-state index in [4.69, 9.17) is 14.2 Å². The summed E-state index contributed by atoms with van der Waals surface area (Å²) >= 11 is 0. The van der Waals surface area contributed by atoms with Crippen molar-refractivity contribution in [3.05, 3.63) is 35.4 Å². The zero-order chi connectivity index (χ0) is 14.2. The molecular formula is C15H21NO4. The van der Waals surface area contributed by atoms with Gasteiger partial charge in [-0.2, -0.15) is 0 Å². The number of nitrogens with one attached hydrogen (secondary N) is 1. The number of hydrogen-bond donors (Lipinski definition) is 1. The maximum Gasteiger partial charge on any atom is 0.323 e. The zero-order valence-corrected chi connectivity index (χ0v) is 11.8. The molecule has 0 bridgehead atoms. The summed E-state index contributed by atoms with van der Waals surface area (Å²) in [7, 11) is 1.62. The van der Waals surface area contributed by atoms with Gasteiger partial charge in [-0.05, 0) is 17.5 Å². The van der Waals surface area contributed by atoms with Gasteiger partial charge in [-0.3, -0.25) is 4.79 Å². The lowest BCUT2D eigenvalue weighted by Crippen LogP contribution is -2.43. The summed E-state index contributed by atoms with van der Waals surface area (Å²) in [5.74, 6) is -0.213. The molecule has 0 saturated carbocycles. The molecule has 1 atom stereocenters. The Labute approximate surface area is 119 Å². The van der Waals surface area contributed by atoms with Gasteiger partial charge in [0.2, 0.25) is 0 Å². The summed E-state index contributed by atoms with van der Waals surface area (Å²) in [6.45, 7) is 2.46. The van der Waals surface area contributed by atoms with E-state index in [0.717, 1.165) is 0 Å². The number of carbonyl (C=O) groups excluding carboxylic acids is 1. The van der Waals surface area contributed by atoms with Gasteiger partial charge in [-0.15, -0.1) is 0 Å². The van der Waals surface area contributed by atoms with Gasteiger partial charge >= 0.3 is 5.97 Å². The molecule has 0 amide bonds. The Kier molecular flexibility index (Phi) is 5.98. The molecule has 0 radical (unpaired) electrons. The standard InChI is InChI=1S/C15H21NO4/c1-18-6-7-19-8-9-20-15(17)14-10-12-4-2-3-5-13(12)11-16-14/h2-5,14,16H,6-11H2,1H3/t14-/m1/s1. The molecule has 0 spiro atoms. The number of methoxy groups -OCH3 is 1. The zero-order valence-electron chi connectivity index (χ0n) is 11.8. The fourth-order valence-corrected chi connectivity index (χ4v) is 2.17. The van der Waals surface area contributed by atoms with Crippen LogP contribution in [-0.4, -0.2) is 45.5 Å². The number of ether oxygens (including phenoxy) is 3. The van der Waals surface area contributed by atoms with Crippen LogP contribution >= 0.6 is 0 Å². The summed E-state index contributed by atoms with van der Waals surface area (Å²) in [5.41, 5.74) is 2.46. The minimum absolute atomic E-state index is 0.213. The molecule has 1 aromatic carbocycles. The van der Waals surface area contributed by atoms with E-state index >= 15 is 0 Å². The topological polar surface area (TPSA) is 56.8 Å². The molecule has 0 saturated heterocycles. The van der Waals surface area contributed by atoms with Gasteiger partial charge in [0.05, 0.1) is 19.8 Å². The molecule has 5 heteroatoms. The van der Waals surface area contributed by atoms with E-state index in [2.05, 4.69) is 17.4 Å². The van der Waals surface area contributed by atoms with Crippen molar-refractivity contribution in [3.63, 3.8) is 0 Å². The molecule has 20 heavy (non-hydrogen) atoms. The Morgan fingerprint density at radius 3 is 2.75 bits per heavy atom. The molecule has 110 valence electrons. The Hall–Kier alpha value is -1.43. The third-order valence-corrected chi connectivity index (χ3v) is 3.27. The Bertz CT molecular complexity index is 436. The van der Waals surface area contributed by atoms with Crippen LogP contribution in [0.25, 0.3) is 0 Å². The molecular weight excluding hydrogens is 258 g/mol. The molecule has 1 N–H and O–H groups in total. The Morgan fingerprint density at radius 2 is 1.95 bits per heavy atom. The first kappa shape index (κ1) is 15.0. The lowest BCUT2D eigenvalue weighted by atomic mass is 9.96. The molecule has 0 aromatic heterocycles. The van der Waals surface area contributed by atoms with E-state index in [-0.39, 0.29) is 18.6 Å². The van der Waals surface area contributed by atoms with Crippen molar-refractivity contribution >= 4 is 5.97 Å². The SMILES string of the molecule is COCCOCCOC(=O)[C@H]1Cc2ccccc2CN1. The maximum absolute atomic E-state index is 11.9. The van der Waals surface area contributed by atoms with E-state index in [9.17, 15) is 4.79 Å². The second-order valence-corrected chi connectivity index (χ2v) is 4.68. The lowest BCUT2D eigenvalue weighted by molar-refractivity contribution is -0.148.